The number of aromatic nitrogens is 2. The monoisotopic (exact) mass is 277 g/mol. The van der Waals surface area contributed by atoms with Crippen LogP contribution in [-0.2, 0) is 7.05 Å². The van der Waals surface area contributed by atoms with Crippen LogP contribution in [0.1, 0.15) is 26.4 Å². The average molecular weight is 277 g/mol. The van der Waals surface area contributed by atoms with Crippen LogP contribution in [0.5, 0.6) is 0 Å². The van der Waals surface area contributed by atoms with Crippen molar-refractivity contribution in [3.05, 3.63) is 47.0 Å². The highest BCUT2D eigenvalue weighted by Crippen LogP contribution is 2.21. The maximum Gasteiger partial charge on any atom is 0.337 e. The van der Waals surface area contributed by atoms with Gasteiger partial charge in [0, 0.05) is 13.2 Å². The molecule has 0 unspecified atom stereocenters. The van der Waals surface area contributed by atoms with Gasteiger partial charge < -0.3 is 10.4 Å². The molecule has 0 spiro atoms. The summed E-state index contributed by atoms with van der Waals surface area (Å²) in [7, 11) is 1.65. The number of carbonyl (C=O) groups excluding carboxylic acids is 1. The van der Waals surface area contributed by atoms with Gasteiger partial charge in [0.1, 0.15) is 5.82 Å². The smallest absolute Gasteiger partial charge is 0.337 e. The van der Waals surface area contributed by atoms with E-state index in [0.29, 0.717) is 5.69 Å². The van der Waals surface area contributed by atoms with Crippen molar-refractivity contribution >= 4 is 17.6 Å². The van der Waals surface area contributed by atoms with E-state index in [9.17, 15) is 14.0 Å². The van der Waals surface area contributed by atoms with E-state index in [1.165, 1.54) is 23.0 Å². The molecule has 1 aromatic heterocycles. The van der Waals surface area contributed by atoms with E-state index in [0.717, 1.165) is 6.07 Å². The Bertz CT molecular complexity index is 694. The molecule has 7 heteroatoms. The Labute approximate surface area is 113 Å². The number of halogens is 1. The summed E-state index contributed by atoms with van der Waals surface area (Å²) in [5.74, 6) is -2.73. The Morgan fingerprint density at radius 2 is 2.05 bits per heavy atom. The van der Waals surface area contributed by atoms with Crippen molar-refractivity contribution in [1.29, 1.82) is 0 Å². The quantitative estimate of drug-likeness (QED) is 0.896. The van der Waals surface area contributed by atoms with Gasteiger partial charge in [-0.25, -0.2) is 9.18 Å². The van der Waals surface area contributed by atoms with E-state index in [2.05, 4.69) is 10.4 Å². The highest BCUT2D eigenvalue weighted by Gasteiger charge is 2.19. The lowest BCUT2D eigenvalue weighted by Crippen LogP contribution is -2.16. The summed E-state index contributed by atoms with van der Waals surface area (Å²) in [6.07, 6.45) is 1.48. The number of anilines is 1. The first-order valence-electron chi connectivity index (χ1n) is 5.73. The lowest BCUT2D eigenvalue weighted by atomic mass is 10.1. The molecule has 6 nitrogen and oxygen atoms in total. The number of benzene rings is 1. The topological polar surface area (TPSA) is 84.2 Å². The van der Waals surface area contributed by atoms with E-state index >= 15 is 0 Å². The average Bonchev–Trinajstić information content (AvgIpc) is 2.70. The molecule has 104 valence electrons. The molecular weight excluding hydrogens is 265 g/mol. The van der Waals surface area contributed by atoms with Crippen molar-refractivity contribution in [2.45, 2.75) is 6.92 Å². The van der Waals surface area contributed by atoms with Crippen LogP contribution in [0.3, 0.4) is 0 Å². The summed E-state index contributed by atoms with van der Waals surface area (Å²) >= 11 is 0. The second-order valence-electron chi connectivity index (χ2n) is 4.22. The van der Waals surface area contributed by atoms with Gasteiger partial charge in [-0.15, -0.1) is 0 Å². The maximum absolute atomic E-state index is 13.7. The molecule has 0 bridgehead atoms. The molecule has 0 saturated carbocycles. The highest BCUT2D eigenvalue weighted by atomic mass is 19.1. The molecule has 0 fully saturated rings. The minimum atomic E-state index is -1.32. The summed E-state index contributed by atoms with van der Waals surface area (Å²) in [5.41, 5.74) is 0.0680. The molecule has 1 aromatic carbocycles. The number of carboxylic acids is 1. The van der Waals surface area contributed by atoms with Crippen molar-refractivity contribution in [2.24, 2.45) is 7.05 Å². The van der Waals surface area contributed by atoms with Crippen LogP contribution >= 0.6 is 0 Å². The van der Waals surface area contributed by atoms with Crippen LogP contribution in [0.15, 0.2) is 24.4 Å². The third kappa shape index (κ3) is 2.51. The van der Waals surface area contributed by atoms with Crippen molar-refractivity contribution in [3.63, 3.8) is 0 Å². The Morgan fingerprint density at radius 3 is 2.60 bits per heavy atom. The zero-order chi connectivity index (χ0) is 14.9. The first-order chi connectivity index (χ1) is 9.40. The van der Waals surface area contributed by atoms with Gasteiger partial charge >= 0.3 is 5.97 Å². The maximum atomic E-state index is 13.7. The summed E-state index contributed by atoms with van der Waals surface area (Å²) in [4.78, 5) is 23.1. The molecule has 20 heavy (non-hydrogen) atoms. The fraction of sp³-hybridized carbons (Fsp3) is 0.154. The van der Waals surface area contributed by atoms with Crippen LogP contribution in [0.4, 0.5) is 10.1 Å². The number of aryl methyl sites for hydroxylation is 2. The van der Waals surface area contributed by atoms with Crippen LogP contribution in [-0.4, -0.2) is 26.8 Å². The van der Waals surface area contributed by atoms with E-state index in [1.807, 2.05) is 0 Å². The highest BCUT2D eigenvalue weighted by molar-refractivity contribution is 6.08. The Morgan fingerprint density at radius 1 is 1.35 bits per heavy atom. The summed E-state index contributed by atoms with van der Waals surface area (Å²) in [6, 6.07) is 3.57. The largest absolute Gasteiger partial charge is 0.478 e. The van der Waals surface area contributed by atoms with Gasteiger partial charge in [-0.1, -0.05) is 6.07 Å². The number of aromatic carboxylic acids is 1. The van der Waals surface area contributed by atoms with E-state index in [4.69, 9.17) is 5.11 Å². The summed E-state index contributed by atoms with van der Waals surface area (Å²) in [6.45, 7) is 1.63. The fourth-order valence-electron chi connectivity index (χ4n) is 1.83. The molecule has 2 rings (SSSR count). The number of nitrogens with zero attached hydrogens (tertiary/aromatic N) is 2. The normalized spacial score (nSPS) is 10.3. The second-order valence-corrected chi connectivity index (χ2v) is 4.22. The van der Waals surface area contributed by atoms with Crippen LogP contribution in [0.2, 0.25) is 0 Å². The van der Waals surface area contributed by atoms with Gasteiger partial charge in [-0.3, -0.25) is 9.48 Å². The van der Waals surface area contributed by atoms with Gasteiger partial charge in [-0.05, 0) is 19.1 Å². The lowest BCUT2D eigenvalue weighted by Gasteiger charge is -2.08. The van der Waals surface area contributed by atoms with Crippen molar-refractivity contribution in [2.75, 3.05) is 5.32 Å². The number of para-hydroxylation sites is 1. The molecule has 2 aromatic rings. The molecule has 2 N–H and O–H groups in total. The van der Waals surface area contributed by atoms with Crippen molar-refractivity contribution in [3.8, 4) is 0 Å². The predicted molar refractivity (Wildman–Crippen MR) is 69.3 cm³/mol. The first-order valence-corrected chi connectivity index (χ1v) is 5.73. The predicted octanol–water partition coefficient (Wildman–Crippen LogP) is 1.82. The van der Waals surface area contributed by atoms with Gasteiger partial charge in [0.2, 0.25) is 0 Å². The van der Waals surface area contributed by atoms with Gasteiger partial charge in [0.05, 0.1) is 22.5 Å². The molecule has 0 aliphatic carbocycles. The molecular formula is C13H12FN3O3. The molecule has 1 heterocycles. The minimum absolute atomic E-state index is 0.257. The zero-order valence-corrected chi connectivity index (χ0v) is 10.8. The second kappa shape index (κ2) is 5.12. The molecule has 1 amide bonds. The summed E-state index contributed by atoms with van der Waals surface area (Å²) < 4.78 is 15.1. The van der Waals surface area contributed by atoms with Gasteiger partial charge in [0.15, 0.2) is 0 Å². The van der Waals surface area contributed by atoms with E-state index in [1.54, 1.807) is 14.0 Å². The first kappa shape index (κ1) is 13.7. The lowest BCUT2D eigenvalue weighted by molar-refractivity contribution is 0.0697. The number of hydrogen-bond acceptors (Lipinski definition) is 3. The number of rotatable bonds is 3. The number of hydrogen-bond donors (Lipinski definition) is 2. The molecule has 0 aliphatic rings. The number of amides is 1. The molecule has 0 aliphatic heterocycles. The SMILES string of the molecule is Cc1nn(C)cc1C(=O)Nc1c(F)cccc1C(=O)O. The number of carbonyl (C=O) groups is 2. The van der Waals surface area contributed by atoms with Crippen LogP contribution in [0, 0.1) is 12.7 Å². The third-order valence-corrected chi connectivity index (χ3v) is 2.74. The van der Waals surface area contributed by atoms with Crippen LogP contribution < -0.4 is 5.32 Å². The van der Waals surface area contributed by atoms with Crippen LogP contribution in [0.25, 0.3) is 0 Å². The Hall–Kier alpha value is -2.70. The van der Waals surface area contributed by atoms with E-state index < -0.39 is 17.7 Å². The third-order valence-electron chi connectivity index (χ3n) is 2.74. The summed E-state index contributed by atoms with van der Waals surface area (Å²) in [5, 5.41) is 15.3. The fourth-order valence-corrected chi connectivity index (χ4v) is 1.83. The zero-order valence-electron chi connectivity index (χ0n) is 10.8. The Balaban J connectivity index is 2.37. The molecule has 0 atom stereocenters. The standard InChI is InChI=1S/C13H12FN3O3/c1-7-9(6-17(2)16-7)12(18)15-11-8(13(19)20)4-3-5-10(11)14/h3-6H,1-2H3,(H,15,18)(H,19,20). The van der Waals surface area contributed by atoms with Crippen molar-refractivity contribution in [1.82, 2.24) is 9.78 Å². The van der Waals surface area contributed by atoms with E-state index in [-0.39, 0.29) is 16.8 Å². The molecule has 0 saturated heterocycles. The van der Waals surface area contributed by atoms with Gasteiger partial charge in [0.25, 0.3) is 5.91 Å². The number of carboxylic acid groups (broad SMARTS) is 1. The number of nitrogens with one attached hydrogen (secondary N) is 1. The minimum Gasteiger partial charge on any atom is -0.478 e. The van der Waals surface area contributed by atoms with Crippen molar-refractivity contribution < 1.29 is 19.1 Å². The Kier molecular flexibility index (Phi) is 3.51. The molecule has 0 radical (unpaired) electrons. The van der Waals surface area contributed by atoms with Gasteiger partial charge in [-0.2, -0.15) is 5.10 Å².